The van der Waals surface area contributed by atoms with Gasteiger partial charge in [-0.1, -0.05) is 13.8 Å². The van der Waals surface area contributed by atoms with Crippen molar-refractivity contribution in [2.24, 2.45) is 5.92 Å². The van der Waals surface area contributed by atoms with Crippen molar-refractivity contribution in [2.45, 2.75) is 27.7 Å². The van der Waals surface area contributed by atoms with Crippen LogP contribution in [0.15, 0.2) is 23.3 Å². The van der Waals surface area contributed by atoms with Gasteiger partial charge in [0.15, 0.2) is 5.78 Å². The number of nitriles is 1. The van der Waals surface area contributed by atoms with Crippen LogP contribution in [-0.4, -0.2) is 5.78 Å². The maximum atomic E-state index is 10.7. The fourth-order valence-electron chi connectivity index (χ4n) is 0.936. The summed E-state index contributed by atoms with van der Waals surface area (Å²) in [4.78, 5) is 10.7. The molecule has 2 nitrogen and oxygen atoms in total. The first kappa shape index (κ1) is 11.6. The van der Waals surface area contributed by atoms with E-state index < -0.39 is 0 Å². The van der Waals surface area contributed by atoms with Gasteiger partial charge in [0.1, 0.15) is 0 Å². The number of nitrogens with zero attached hydrogens (tertiary/aromatic N) is 1. The van der Waals surface area contributed by atoms with E-state index in [1.807, 2.05) is 20.8 Å². The first-order valence-electron chi connectivity index (χ1n) is 4.28. The van der Waals surface area contributed by atoms with Gasteiger partial charge in [-0.05, 0) is 37.5 Å². The van der Waals surface area contributed by atoms with Crippen LogP contribution in [0.3, 0.4) is 0 Å². The third kappa shape index (κ3) is 4.97. The van der Waals surface area contributed by atoms with Crippen LogP contribution < -0.4 is 0 Å². The Morgan fingerprint density at radius 2 is 1.85 bits per heavy atom. The highest BCUT2D eigenvalue weighted by Crippen LogP contribution is 2.11. The second-order valence-corrected chi connectivity index (χ2v) is 3.37. The van der Waals surface area contributed by atoms with E-state index in [2.05, 4.69) is 6.07 Å². The van der Waals surface area contributed by atoms with Crippen LogP contribution in [0, 0.1) is 17.2 Å². The molecule has 0 aliphatic carbocycles. The van der Waals surface area contributed by atoms with Crippen molar-refractivity contribution in [1.82, 2.24) is 0 Å². The quantitative estimate of drug-likeness (QED) is 0.377. The van der Waals surface area contributed by atoms with Crippen molar-refractivity contribution in [3.8, 4) is 6.07 Å². The van der Waals surface area contributed by atoms with Gasteiger partial charge in [0.2, 0.25) is 0 Å². The van der Waals surface area contributed by atoms with Crippen LogP contribution in [0.5, 0.6) is 0 Å². The Morgan fingerprint density at radius 3 is 2.15 bits per heavy atom. The van der Waals surface area contributed by atoms with Gasteiger partial charge < -0.3 is 0 Å². The Balaban J connectivity index is 4.73. The molecule has 0 heterocycles. The average molecular weight is 177 g/mol. The SMILES string of the molecule is CC(=O)/C=C(C)\C=C(/C#N)C(C)C. The van der Waals surface area contributed by atoms with Gasteiger partial charge in [-0.15, -0.1) is 0 Å². The maximum Gasteiger partial charge on any atom is 0.152 e. The summed E-state index contributed by atoms with van der Waals surface area (Å²) >= 11 is 0. The lowest BCUT2D eigenvalue weighted by molar-refractivity contribution is -0.112. The molecule has 0 spiro atoms. The molecule has 0 atom stereocenters. The second-order valence-electron chi connectivity index (χ2n) is 3.37. The largest absolute Gasteiger partial charge is 0.295 e. The molecular formula is C11H15NO. The van der Waals surface area contributed by atoms with Crippen molar-refractivity contribution >= 4 is 5.78 Å². The van der Waals surface area contributed by atoms with Gasteiger partial charge in [-0.2, -0.15) is 5.26 Å². The molecule has 0 aromatic heterocycles. The minimum atomic E-state index is 0.00907. The fraction of sp³-hybridized carbons (Fsp3) is 0.455. The second kappa shape index (κ2) is 5.31. The summed E-state index contributed by atoms with van der Waals surface area (Å²) in [5, 5.41) is 8.75. The first-order valence-corrected chi connectivity index (χ1v) is 4.28. The lowest BCUT2D eigenvalue weighted by Crippen LogP contribution is -1.92. The van der Waals surface area contributed by atoms with E-state index in [4.69, 9.17) is 5.26 Å². The van der Waals surface area contributed by atoms with Crippen molar-refractivity contribution in [1.29, 1.82) is 5.26 Å². The number of allylic oxidation sites excluding steroid dienone is 4. The molecule has 0 fully saturated rings. The van der Waals surface area contributed by atoms with E-state index in [9.17, 15) is 4.79 Å². The number of carbonyl (C=O) groups excluding carboxylic acids is 1. The Hall–Kier alpha value is -1.36. The molecular weight excluding hydrogens is 162 g/mol. The van der Waals surface area contributed by atoms with E-state index in [0.29, 0.717) is 5.57 Å². The molecule has 0 bridgehead atoms. The number of hydrogen-bond donors (Lipinski definition) is 0. The summed E-state index contributed by atoms with van der Waals surface area (Å²) in [6, 6.07) is 2.11. The zero-order chi connectivity index (χ0) is 10.4. The molecule has 0 saturated heterocycles. The number of ketones is 1. The number of carbonyl (C=O) groups is 1. The zero-order valence-corrected chi connectivity index (χ0v) is 8.59. The zero-order valence-electron chi connectivity index (χ0n) is 8.59. The lowest BCUT2D eigenvalue weighted by Gasteiger charge is -2.01. The molecule has 2 heteroatoms. The summed E-state index contributed by atoms with van der Waals surface area (Å²) in [6.07, 6.45) is 3.28. The van der Waals surface area contributed by atoms with Crippen LogP contribution in [0.4, 0.5) is 0 Å². The highest BCUT2D eigenvalue weighted by Gasteiger charge is 2.01. The molecule has 0 amide bonds. The standard InChI is InChI=1S/C11H15NO/c1-8(2)11(7-12)6-9(3)5-10(4)13/h5-6,8H,1-4H3/b9-5-,11-6+. The van der Waals surface area contributed by atoms with Gasteiger partial charge in [0, 0.05) is 5.57 Å². The lowest BCUT2D eigenvalue weighted by atomic mass is 10.0. The molecule has 0 N–H and O–H groups in total. The summed E-state index contributed by atoms with van der Waals surface area (Å²) in [7, 11) is 0. The highest BCUT2D eigenvalue weighted by molar-refractivity contribution is 5.88. The fourth-order valence-corrected chi connectivity index (χ4v) is 0.936. The van der Waals surface area contributed by atoms with Gasteiger partial charge in [-0.3, -0.25) is 4.79 Å². The van der Waals surface area contributed by atoms with E-state index in [0.717, 1.165) is 5.57 Å². The predicted octanol–water partition coefficient (Wildman–Crippen LogP) is 2.63. The van der Waals surface area contributed by atoms with Gasteiger partial charge >= 0.3 is 0 Å². The topological polar surface area (TPSA) is 40.9 Å². The van der Waals surface area contributed by atoms with Crippen molar-refractivity contribution < 1.29 is 4.79 Å². The number of hydrogen-bond acceptors (Lipinski definition) is 2. The Kier molecular flexibility index (Phi) is 4.76. The van der Waals surface area contributed by atoms with Crippen LogP contribution in [-0.2, 0) is 4.79 Å². The summed E-state index contributed by atoms with van der Waals surface area (Å²) < 4.78 is 0. The summed E-state index contributed by atoms with van der Waals surface area (Å²) in [5.41, 5.74) is 1.53. The third-order valence-electron chi connectivity index (χ3n) is 1.57. The first-order chi connectivity index (χ1) is 5.97. The van der Waals surface area contributed by atoms with Gasteiger partial charge in [0.05, 0.1) is 6.07 Å². The van der Waals surface area contributed by atoms with Crippen molar-refractivity contribution in [3.05, 3.63) is 23.3 Å². The molecule has 0 saturated carbocycles. The smallest absolute Gasteiger partial charge is 0.152 e. The van der Waals surface area contributed by atoms with Crippen LogP contribution in [0.2, 0.25) is 0 Å². The normalized spacial score (nSPS) is 12.9. The monoisotopic (exact) mass is 177 g/mol. The Labute approximate surface area is 79.6 Å². The van der Waals surface area contributed by atoms with Crippen LogP contribution in [0.25, 0.3) is 0 Å². The van der Waals surface area contributed by atoms with Gasteiger partial charge in [0.25, 0.3) is 0 Å². The molecule has 0 aromatic carbocycles. The minimum absolute atomic E-state index is 0.00907. The predicted molar refractivity (Wildman–Crippen MR) is 53.0 cm³/mol. The molecule has 13 heavy (non-hydrogen) atoms. The van der Waals surface area contributed by atoms with Crippen LogP contribution >= 0.6 is 0 Å². The molecule has 70 valence electrons. The number of rotatable bonds is 3. The average Bonchev–Trinajstić information content (AvgIpc) is 1.98. The molecule has 0 unspecified atom stereocenters. The molecule has 0 rings (SSSR count). The molecule has 0 aliphatic rings. The molecule has 0 radical (unpaired) electrons. The van der Waals surface area contributed by atoms with E-state index >= 15 is 0 Å². The van der Waals surface area contributed by atoms with E-state index in [-0.39, 0.29) is 11.7 Å². The third-order valence-corrected chi connectivity index (χ3v) is 1.57. The summed E-state index contributed by atoms with van der Waals surface area (Å²) in [6.45, 7) is 7.23. The van der Waals surface area contributed by atoms with Crippen molar-refractivity contribution in [3.63, 3.8) is 0 Å². The minimum Gasteiger partial charge on any atom is -0.295 e. The molecule has 0 aliphatic heterocycles. The van der Waals surface area contributed by atoms with E-state index in [1.165, 1.54) is 13.0 Å². The van der Waals surface area contributed by atoms with Crippen molar-refractivity contribution in [2.75, 3.05) is 0 Å². The molecule has 0 aromatic rings. The Morgan fingerprint density at radius 1 is 1.31 bits per heavy atom. The van der Waals surface area contributed by atoms with Crippen LogP contribution in [0.1, 0.15) is 27.7 Å². The highest BCUT2D eigenvalue weighted by atomic mass is 16.1. The maximum absolute atomic E-state index is 10.7. The Bertz CT molecular complexity index is 290. The van der Waals surface area contributed by atoms with Gasteiger partial charge in [-0.25, -0.2) is 0 Å². The summed E-state index contributed by atoms with van der Waals surface area (Å²) in [5.74, 6) is 0.218. The van der Waals surface area contributed by atoms with E-state index in [1.54, 1.807) is 6.08 Å².